The number of furan rings is 1. The van der Waals surface area contributed by atoms with E-state index in [1.54, 1.807) is 36.5 Å². The van der Waals surface area contributed by atoms with E-state index in [-0.39, 0.29) is 5.43 Å². The smallest absolute Gasteiger partial charge is 0.205 e. The first kappa shape index (κ1) is 16.4. The fourth-order valence-electron chi connectivity index (χ4n) is 2.58. The first-order valence-corrected chi connectivity index (χ1v) is 9.08. The highest BCUT2D eigenvalue weighted by atomic mass is 79.9. The number of thiazole rings is 1. The molecule has 0 aliphatic carbocycles. The Kier molecular flexibility index (Phi) is 4.15. The molecule has 1 aromatic carbocycles. The molecule has 0 N–H and O–H groups in total. The van der Waals surface area contributed by atoms with Crippen LogP contribution in [0.15, 0.2) is 54.8 Å². The predicted molar refractivity (Wildman–Crippen MR) is 101 cm³/mol. The molecule has 3 heterocycles. The van der Waals surface area contributed by atoms with E-state index in [1.165, 1.54) is 18.4 Å². The number of aromatic nitrogens is 1. The number of rotatable bonds is 3. The summed E-state index contributed by atoms with van der Waals surface area (Å²) in [5.74, 6) is 1.18. The van der Waals surface area contributed by atoms with Crippen LogP contribution in [0, 0.1) is 0 Å². The van der Waals surface area contributed by atoms with Gasteiger partial charge in [0.05, 0.1) is 17.6 Å². The summed E-state index contributed by atoms with van der Waals surface area (Å²) in [4.78, 5) is 17.9. The van der Waals surface area contributed by atoms with E-state index in [4.69, 9.17) is 25.2 Å². The first-order valence-electron chi connectivity index (χ1n) is 7.09. The Morgan fingerprint density at radius 1 is 1.24 bits per heavy atom. The van der Waals surface area contributed by atoms with Crippen LogP contribution in [0.1, 0.15) is 0 Å². The van der Waals surface area contributed by atoms with Crippen molar-refractivity contribution in [2.24, 2.45) is 0 Å². The number of halogens is 2. The number of methoxy groups -OCH3 is 1. The molecule has 0 amide bonds. The van der Waals surface area contributed by atoms with E-state index in [2.05, 4.69) is 20.9 Å². The lowest BCUT2D eigenvalue weighted by atomic mass is 10.1. The molecule has 0 aliphatic heterocycles. The van der Waals surface area contributed by atoms with Gasteiger partial charge in [0.25, 0.3) is 0 Å². The van der Waals surface area contributed by atoms with Gasteiger partial charge in [0.1, 0.15) is 16.7 Å². The highest BCUT2D eigenvalue weighted by Gasteiger charge is 2.23. The molecule has 0 spiro atoms. The quantitative estimate of drug-likeness (QED) is 0.416. The molecule has 0 radical (unpaired) electrons. The average Bonchev–Trinajstić information content (AvgIpc) is 3.22. The molecule has 0 unspecified atom stereocenters. The minimum Gasteiger partial charge on any atom is -0.496 e. The van der Waals surface area contributed by atoms with Crippen molar-refractivity contribution in [3.05, 3.63) is 55.9 Å². The Bertz CT molecular complexity index is 1150. The van der Waals surface area contributed by atoms with Gasteiger partial charge in [-0.25, -0.2) is 4.98 Å². The van der Waals surface area contributed by atoms with Crippen LogP contribution >= 0.6 is 38.9 Å². The molecule has 0 fully saturated rings. The van der Waals surface area contributed by atoms with Crippen LogP contribution in [0.2, 0.25) is 4.47 Å². The lowest BCUT2D eigenvalue weighted by Gasteiger charge is -2.09. The van der Waals surface area contributed by atoms with Crippen molar-refractivity contribution >= 4 is 49.8 Å². The van der Waals surface area contributed by atoms with Crippen LogP contribution in [0.25, 0.3) is 32.9 Å². The first-order chi connectivity index (χ1) is 12.1. The van der Waals surface area contributed by atoms with Gasteiger partial charge < -0.3 is 13.6 Å². The van der Waals surface area contributed by atoms with E-state index in [0.29, 0.717) is 47.8 Å². The number of benzene rings is 1. The van der Waals surface area contributed by atoms with Gasteiger partial charge in [0.2, 0.25) is 5.43 Å². The standard InChI is InChI=1S/C17H9BrClNO4S/c1-22-8-3-2-4-9-13(8)15(21)14(11-7-20-17(19)25-11)16(24-9)10-5-6-12(18)23-10/h2-7H,1H3. The summed E-state index contributed by atoms with van der Waals surface area (Å²) < 4.78 is 17.8. The molecular formula is C17H9BrClNO4S. The van der Waals surface area contributed by atoms with Gasteiger partial charge in [0, 0.05) is 6.20 Å². The van der Waals surface area contributed by atoms with Gasteiger partial charge in [0.15, 0.2) is 20.7 Å². The molecule has 25 heavy (non-hydrogen) atoms. The molecule has 4 aromatic rings. The SMILES string of the molecule is COc1cccc2oc(-c3ccc(Br)o3)c(-c3cnc(Cl)s3)c(=O)c12. The average molecular weight is 439 g/mol. The summed E-state index contributed by atoms with van der Waals surface area (Å²) >= 11 is 10.4. The molecule has 0 bridgehead atoms. The molecule has 0 aliphatic rings. The third-order valence-electron chi connectivity index (χ3n) is 3.62. The lowest BCUT2D eigenvalue weighted by Crippen LogP contribution is -2.08. The van der Waals surface area contributed by atoms with Crippen LogP contribution in [-0.2, 0) is 0 Å². The number of hydrogen-bond acceptors (Lipinski definition) is 6. The van der Waals surface area contributed by atoms with Crippen LogP contribution in [0.5, 0.6) is 5.75 Å². The van der Waals surface area contributed by atoms with Gasteiger partial charge in [-0.3, -0.25) is 4.79 Å². The summed E-state index contributed by atoms with van der Waals surface area (Å²) in [5.41, 5.74) is 0.510. The lowest BCUT2D eigenvalue weighted by molar-refractivity contribution is 0.418. The summed E-state index contributed by atoms with van der Waals surface area (Å²) in [6.45, 7) is 0. The van der Waals surface area contributed by atoms with Crippen LogP contribution in [0.4, 0.5) is 0 Å². The molecule has 4 rings (SSSR count). The normalized spacial score (nSPS) is 11.2. The number of fused-ring (bicyclic) bond motifs is 1. The maximum absolute atomic E-state index is 13.3. The second kappa shape index (κ2) is 6.33. The highest BCUT2D eigenvalue weighted by molar-refractivity contribution is 9.10. The molecule has 126 valence electrons. The van der Waals surface area contributed by atoms with Gasteiger partial charge in [-0.05, 0) is 40.2 Å². The van der Waals surface area contributed by atoms with Gasteiger partial charge in [-0.2, -0.15) is 0 Å². The third-order valence-corrected chi connectivity index (χ3v) is 5.18. The second-order valence-electron chi connectivity index (χ2n) is 5.05. The summed E-state index contributed by atoms with van der Waals surface area (Å²) in [7, 11) is 1.51. The molecule has 0 saturated heterocycles. The third kappa shape index (κ3) is 2.78. The zero-order chi connectivity index (χ0) is 17.6. The Hall–Kier alpha value is -2.09. The Morgan fingerprint density at radius 3 is 2.72 bits per heavy atom. The number of ether oxygens (including phenoxy) is 1. The zero-order valence-corrected chi connectivity index (χ0v) is 15.9. The topological polar surface area (TPSA) is 65.5 Å². The molecule has 0 saturated carbocycles. The van der Waals surface area contributed by atoms with Gasteiger partial charge in [-0.15, -0.1) is 11.3 Å². The molecular weight excluding hydrogens is 430 g/mol. The minimum absolute atomic E-state index is 0.235. The van der Waals surface area contributed by atoms with Crippen LogP contribution < -0.4 is 10.2 Å². The Balaban J connectivity index is 2.14. The van der Waals surface area contributed by atoms with Crippen molar-refractivity contribution in [3.63, 3.8) is 0 Å². The van der Waals surface area contributed by atoms with Crippen molar-refractivity contribution in [1.82, 2.24) is 4.98 Å². The highest BCUT2D eigenvalue weighted by Crippen LogP contribution is 2.38. The van der Waals surface area contributed by atoms with Crippen molar-refractivity contribution in [2.75, 3.05) is 7.11 Å². The molecule has 0 atom stereocenters. The van der Waals surface area contributed by atoms with Gasteiger partial charge >= 0.3 is 0 Å². The maximum Gasteiger partial charge on any atom is 0.205 e. The van der Waals surface area contributed by atoms with E-state index < -0.39 is 0 Å². The summed E-state index contributed by atoms with van der Waals surface area (Å²) in [5, 5.41) is 0.360. The van der Waals surface area contributed by atoms with Crippen LogP contribution in [-0.4, -0.2) is 12.1 Å². The van der Waals surface area contributed by atoms with E-state index in [0.717, 1.165) is 0 Å². The molecule has 5 nitrogen and oxygen atoms in total. The molecule has 8 heteroatoms. The molecule has 3 aromatic heterocycles. The number of hydrogen-bond donors (Lipinski definition) is 0. The monoisotopic (exact) mass is 437 g/mol. The minimum atomic E-state index is -0.235. The van der Waals surface area contributed by atoms with Crippen molar-refractivity contribution in [3.8, 4) is 27.7 Å². The van der Waals surface area contributed by atoms with Crippen molar-refractivity contribution < 1.29 is 13.6 Å². The van der Waals surface area contributed by atoms with E-state index in [1.807, 2.05) is 0 Å². The van der Waals surface area contributed by atoms with Gasteiger partial charge in [-0.1, -0.05) is 17.7 Å². The van der Waals surface area contributed by atoms with Crippen molar-refractivity contribution in [1.29, 1.82) is 0 Å². The van der Waals surface area contributed by atoms with E-state index >= 15 is 0 Å². The summed E-state index contributed by atoms with van der Waals surface area (Å²) in [6.07, 6.45) is 1.54. The second-order valence-corrected chi connectivity index (χ2v) is 7.44. The van der Waals surface area contributed by atoms with Crippen molar-refractivity contribution in [2.45, 2.75) is 0 Å². The maximum atomic E-state index is 13.3. The van der Waals surface area contributed by atoms with Crippen LogP contribution in [0.3, 0.4) is 0 Å². The predicted octanol–water partition coefficient (Wildman–Crippen LogP) is 5.60. The van der Waals surface area contributed by atoms with E-state index in [9.17, 15) is 4.79 Å². The fraction of sp³-hybridized carbons (Fsp3) is 0.0588. The summed E-state index contributed by atoms with van der Waals surface area (Å²) in [6, 6.07) is 8.64. The Labute approximate surface area is 158 Å². The Morgan fingerprint density at radius 2 is 2.08 bits per heavy atom. The largest absolute Gasteiger partial charge is 0.496 e. The fourth-order valence-corrected chi connectivity index (χ4v) is 3.87. The zero-order valence-electron chi connectivity index (χ0n) is 12.7. The number of nitrogens with zero attached hydrogens (tertiary/aromatic N) is 1.